The number of aliphatic hydroxyl groups excluding tert-OH is 1. The van der Waals surface area contributed by atoms with E-state index in [1.54, 1.807) is 0 Å². The highest BCUT2D eigenvalue weighted by molar-refractivity contribution is 5.80. The van der Waals surface area contributed by atoms with Gasteiger partial charge in [-0.05, 0) is 18.6 Å². The smallest absolute Gasteiger partial charge is 0.174 e. The molecule has 0 aromatic heterocycles. The topological polar surface area (TPSA) is 44.6 Å². The molecule has 2 rings (SSSR count). The molecule has 0 bridgehead atoms. The van der Waals surface area contributed by atoms with Gasteiger partial charge in [-0.3, -0.25) is 0 Å². The molecule has 12 heavy (non-hydrogen) atoms. The Morgan fingerprint density at radius 2 is 2.33 bits per heavy atom. The number of aryl methyl sites for hydroxylation is 1. The summed E-state index contributed by atoms with van der Waals surface area (Å²) in [6.07, 6.45) is 0.814. The van der Waals surface area contributed by atoms with Crippen LogP contribution in [-0.4, -0.2) is 11.4 Å². The normalized spacial score (nSPS) is 20.0. The summed E-state index contributed by atoms with van der Waals surface area (Å²) in [5.74, 6) is 0. The average molecular weight is 162 g/mol. The fourth-order valence-corrected chi connectivity index (χ4v) is 1.28. The third-order valence-electron chi connectivity index (χ3n) is 1.92. The lowest BCUT2D eigenvalue weighted by molar-refractivity contribution is 0.189. The van der Waals surface area contributed by atoms with Crippen molar-refractivity contribution in [2.45, 2.75) is 13.2 Å². The molecular formula is C9H10N2O. The molecule has 0 aliphatic carbocycles. The quantitative estimate of drug-likeness (QED) is 0.606. The molecule has 3 nitrogen and oxygen atoms in total. The van der Waals surface area contributed by atoms with Crippen LogP contribution in [0.2, 0.25) is 0 Å². The molecular weight excluding hydrogens is 152 g/mol. The third-order valence-corrected chi connectivity index (χ3v) is 1.92. The summed E-state index contributed by atoms with van der Waals surface area (Å²) in [5.41, 5.74) is 2.95. The number of fused-ring (bicyclic) bond motifs is 1. The molecule has 0 saturated heterocycles. The Kier molecular flexibility index (Phi) is 1.59. The number of hydrogen-bond donors (Lipinski definition) is 2. The van der Waals surface area contributed by atoms with Gasteiger partial charge in [-0.1, -0.05) is 12.1 Å². The number of nitrogens with one attached hydrogen (secondary N) is 1. The fraction of sp³-hybridized carbons (Fsp3) is 0.222. The van der Waals surface area contributed by atoms with Crippen molar-refractivity contribution >= 4 is 12.0 Å². The van der Waals surface area contributed by atoms with Gasteiger partial charge in [0.1, 0.15) is 0 Å². The molecule has 62 valence electrons. The van der Waals surface area contributed by atoms with Gasteiger partial charge in [0, 0.05) is 11.3 Å². The van der Waals surface area contributed by atoms with E-state index in [0.717, 1.165) is 11.3 Å². The molecule has 2 N–H and O–H groups in total. The number of aliphatic imine (C=N–C) groups is 1. The maximum absolute atomic E-state index is 9.41. The molecule has 0 spiro atoms. The predicted octanol–water partition coefficient (Wildman–Crippen LogP) is 1.44. The summed E-state index contributed by atoms with van der Waals surface area (Å²) in [6.45, 7) is 2.01. The van der Waals surface area contributed by atoms with Crippen LogP contribution >= 0.6 is 0 Å². The van der Waals surface area contributed by atoms with Crippen LogP contribution in [0.4, 0.5) is 5.69 Å². The van der Waals surface area contributed by atoms with Gasteiger partial charge < -0.3 is 10.4 Å². The summed E-state index contributed by atoms with van der Waals surface area (Å²) in [4.78, 5) is 3.82. The lowest BCUT2D eigenvalue weighted by Crippen LogP contribution is -2.09. The van der Waals surface area contributed by atoms with Crippen molar-refractivity contribution in [3.63, 3.8) is 0 Å². The zero-order chi connectivity index (χ0) is 8.55. The standard InChI is InChI=1S/C9H10N2O/c1-6-2-3-7-8(4-6)10-5-11-9(7)12/h2-5,9,12H,1H3,(H,10,11). The van der Waals surface area contributed by atoms with Crippen LogP contribution in [0.3, 0.4) is 0 Å². The van der Waals surface area contributed by atoms with E-state index in [9.17, 15) is 5.11 Å². The minimum Gasteiger partial charge on any atom is -0.368 e. The zero-order valence-electron chi connectivity index (χ0n) is 6.78. The van der Waals surface area contributed by atoms with Crippen molar-refractivity contribution in [3.8, 4) is 0 Å². The maximum Gasteiger partial charge on any atom is 0.174 e. The predicted molar refractivity (Wildman–Crippen MR) is 48.3 cm³/mol. The molecule has 1 aromatic rings. The Morgan fingerprint density at radius 3 is 3.17 bits per heavy atom. The van der Waals surface area contributed by atoms with Gasteiger partial charge in [-0.2, -0.15) is 0 Å². The lowest BCUT2D eigenvalue weighted by Gasteiger charge is -2.16. The fourth-order valence-electron chi connectivity index (χ4n) is 1.28. The summed E-state index contributed by atoms with van der Waals surface area (Å²) in [7, 11) is 0. The van der Waals surface area contributed by atoms with E-state index >= 15 is 0 Å². The van der Waals surface area contributed by atoms with Crippen LogP contribution in [0.5, 0.6) is 0 Å². The average Bonchev–Trinajstić information content (AvgIpc) is 2.04. The molecule has 1 aliphatic rings. The van der Waals surface area contributed by atoms with Gasteiger partial charge >= 0.3 is 0 Å². The highest BCUT2D eigenvalue weighted by Crippen LogP contribution is 2.26. The SMILES string of the molecule is Cc1ccc2c(c1)NC=NC2O. The van der Waals surface area contributed by atoms with E-state index in [4.69, 9.17) is 0 Å². The monoisotopic (exact) mass is 162 g/mol. The van der Waals surface area contributed by atoms with Crippen LogP contribution in [0, 0.1) is 6.92 Å². The van der Waals surface area contributed by atoms with E-state index in [-0.39, 0.29) is 0 Å². The highest BCUT2D eigenvalue weighted by Gasteiger charge is 2.13. The molecule has 1 atom stereocenters. The minimum absolute atomic E-state index is 0.707. The largest absolute Gasteiger partial charge is 0.368 e. The van der Waals surface area contributed by atoms with Crippen molar-refractivity contribution in [3.05, 3.63) is 29.3 Å². The summed E-state index contributed by atoms with van der Waals surface area (Å²) >= 11 is 0. The van der Waals surface area contributed by atoms with Crippen molar-refractivity contribution in [2.75, 3.05) is 5.32 Å². The van der Waals surface area contributed by atoms with Gasteiger partial charge in [-0.15, -0.1) is 0 Å². The third kappa shape index (κ3) is 1.08. The van der Waals surface area contributed by atoms with E-state index in [0.29, 0.717) is 0 Å². The Morgan fingerprint density at radius 1 is 1.50 bits per heavy atom. The van der Waals surface area contributed by atoms with Crippen LogP contribution in [0.25, 0.3) is 0 Å². The Hall–Kier alpha value is -1.35. The summed E-state index contributed by atoms with van der Waals surface area (Å²) < 4.78 is 0. The first-order valence-electron chi connectivity index (χ1n) is 3.84. The van der Waals surface area contributed by atoms with Gasteiger partial charge in [0.2, 0.25) is 0 Å². The van der Waals surface area contributed by atoms with Crippen LogP contribution in [0.15, 0.2) is 23.2 Å². The number of benzene rings is 1. The molecule has 1 aromatic carbocycles. The van der Waals surface area contributed by atoms with E-state index < -0.39 is 6.23 Å². The van der Waals surface area contributed by atoms with Gasteiger partial charge in [-0.25, -0.2) is 4.99 Å². The second-order valence-corrected chi connectivity index (χ2v) is 2.89. The minimum atomic E-state index is -0.707. The van der Waals surface area contributed by atoms with E-state index in [2.05, 4.69) is 10.3 Å². The Labute approximate surface area is 70.8 Å². The number of anilines is 1. The lowest BCUT2D eigenvalue weighted by atomic mass is 10.1. The first kappa shape index (κ1) is 7.31. The number of nitrogens with zero attached hydrogens (tertiary/aromatic N) is 1. The second-order valence-electron chi connectivity index (χ2n) is 2.89. The van der Waals surface area contributed by atoms with Crippen molar-refractivity contribution in [2.24, 2.45) is 4.99 Å². The van der Waals surface area contributed by atoms with Crippen molar-refractivity contribution < 1.29 is 5.11 Å². The molecule has 1 heterocycles. The van der Waals surface area contributed by atoms with E-state index in [1.807, 2.05) is 25.1 Å². The molecule has 0 fully saturated rings. The number of rotatable bonds is 0. The first-order valence-corrected chi connectivity index (χ1v) is 3.84. The molecule has 1 aliphatic heterocycles. The Balaban J connectivity index is 2.51. The van der Waals surface area contributed by atoms with Gasteiger partial charge in [0.05, 0.1) is 6.34 Å². The molecule has 0 radical (unpaired) electrons. The number of aliphatic hydroxyl groups is 1. The second kappa shape index (κ2) is 2.60. The summed E-state index contributed by atoms with van der Waals surface area (Å²) in [6, 6.07) is 5.84. The summed E-state index contributed by atoms with van der Waals surface area (Å²) in [5, 5.41) is 12.4. The molecule has 3 heteroatoms. The molecule has 0 saturated carbocycles. The van der Waals surface area contributed by atoms with E-state index in [1.165, 1.54) is 11.9 Å². The highest BCUT2D eigenvalue weighted by atomic mass is 16.3. The van der Waals surface area contributed by atoms with Crippen molar-refractivity contribution in [1.29, 1.82) is 0 Å². The maximum atomic E-state index is 9.41. The zero-order valence-corrected chi connectivity index (χ0v) is 6.78. The van der Waals surface area contributed by atoms with Crippen LogP contribution in [-0.2, 0) is 0 Å². The number of hydrogen-bond acceptors (Lipinski definition) is 3. The molecule has 0 amide bonds. The van der Waals surface area contributed by atoms with Gasteiger partial charge in [0.15, 0.2) is 6.23 Å². The first-order chi connectivity index (χ1) is 5.77. The van der Waals surface area contributed by atoms with Crippen LogP contribution < -0.4 is 5.32 Å². The van der Waals surface area contributed by atoms with Crippen LogP contribution in [0.1, 0.15) is 17.4 Å². The van der Waals surface area contributed by atoms with Crippen molar-refractivity contribution in [1.82, 2.24) is 0 Å². The molecule has 1 unspecified atom stereocenters. The van der Waals surface area contributed by atoms with Gasteiger partial charge in [0.25, 0.3) is 0 Å². The Bertz CT molecular complexity index is 333.